The summed E-state index contributed by atoms with van der Waals surface area (Å²) in [5.74, 6) is 0.833. The number of pyridine rings is 1. The Kier molecular flexibility index (Phi) is 5.15. The van der Waals surface area contributed by atoms with Crippen LogP contribution >= 0.6 is 23.2 Å². The Balaban J connectivity index is 1.37. The zero-order chi connectivity index (χ0) is 24.1. The molecular weight excluding hydrogens is 494 g/mol. The van der Waals surface area contributed by atoms with Crippen molar-refractivity contribution in [2.75, 3.05) is 5.73 Å². The number of nitrogens with zero attached hydrogens (tertiary/aromatic N) is 8. The topological polar surface area (TPSA) is 128 Å². The molecule has 4 aromatic heterocycles. The number of hydrogen-bond donors (Lipinski definition) is 2. The third-order valence-corrected chi connectivity index (χ3v) is 6.38. The van der Waals surface area contributed by atoms with Gasteiger partial charge < -0.3 is 10.7 Å². The van der Waals surface area contributed by atoms with Gasteiger partial charge in [-0.25, -0.2) is 14.5 Å². The largest absolute Gasteiger partial charge is 0.384 e. The van der Waals surface area contributed by atoms with Crippen molar-refractivity contribution in [3.63, 3.8) is 0 Å². The monoisotopic (exact) mass is 509 g/mol. The van der Waals surface area contributed by atoms with Gasteiger partial charge in [-0.1, -0.05) is 23.2 Å². The van der Waals surface area contributed by atoms with Crippen LogP contribution in [0.2, 0.25) is 10.2 Å². The van der Waals surface area contributed by atoms with Gasteiger partial charge in [0.1, 0.15) is 23.0 Å². The fraction of sp³-hybridized carbons (Fsp3) is 0.136. The summed E-state index contributed by atoms with van der Waals surface area (Å²) in [7, 11) is 0. The quantitative estimate of drug-likeness (QED) is 0.280. The summed E-state index contributed by atoms with van der Waals surface area (Å²) in [6.45, 7) is 0. The summed E-state index contributed by atoms with van der Waals surface area (Å²) in [6, 6.07) is 10.2. The maximum Gasteiger partial charge on any atom is 0.299 e. The molecular formula is C22H16Cl2FN10+. The maximum absolute atomic E-state index is 14.4. The molecule has 0 unspecified atom stereocenters. The Morgan fingerprint density at radius 2 is 1.97 bits per heavy atom. The molecule has 0 saturated carbocycles. The average molecular weight is 510 g/mol. The Labute approximate surface area is 207 Å². The Hall–Kier alpha value is -3.96. The highest BCUT2D eigenvalue weighted by Crippen LogP contribution is 2.33. The second-order valence-electron chi connectivity index (χ2n) is 7.97. The number of fused-ring (bicyclic) bond motifs is 1. The van der Waals surface area contributed by atoms with E-state index >= 15 is 0 Å². The molecule has 0 aliphatic carbocycles. The van der Waals surface area contributed by atoms with E-state index in [2.05, 4.69) is 30.5 Å². The van der Waals surface area contributed by atoms with Gasteiger partial charge in [-0.05, 0) is 45.7 Å². The van der Waals surface area contributed by atoms with E-state index in [0.29, 0.717) is 17.3 Å². The van der Waals surface area contributed by atoms with Crippen LogP contribution in [-0.4, -0.2) is 40.1 Å². The summed E-state index contributed by atoms with van der Waals surface area (Å²) < 4.78 is 18.0. The first kappa shape index (κ1) is 21.6. The van der Waals surface area contributed by atoms with Gasteiger partial charge in [-0.15, -0.1) is 5.10 Å². The van der Waals surface area contributed by atoms with E-state index in [0.717, 1.165) is 29.2 Å². The summed E-state index contributed by atoms with van der Waals surface area (Å²) >= 11 is 12.7. The van der Waals surface area contributed by atoms with Crippen molar-refractivity contribution in [3.05, 3.63) is 76.7 Å². The van der Waals surface area contributed by atoms with Gasteiger partial charge in [0.05, 0.1) is 29.4 Å². The molecule has 5 aromatic rings. The lowest BCUT2D eigenvalue weighted by molar-refractivity contribution is -0.711. The van der Waals surface area contributed by atoms with Crippen LogP contribution in [0.4, 0.5) is 10.2 Å². The van der Waals surface area contributed by atoms with Crippen molar-refractivity contribution in [1.29, 1.82) is 0 Å². The molecule has 0 bridgehead atoms. The van der Waals surface area contributed by atoms with E-state index in [1.54, 1.807) is 10.7 Å². The van der Waals surface area contributed by atoms with Gasteiger partial charge in [0.15, 0.2) is 17.6 Å². The number of tetrazole rings is 1. The van der Waals surface area contributed by atoms with Crippen molar-refractivity contribution < 1.29 is 8.96 Å². The zero-order valence-electron chi connectivity index (χ0n) is 17.9. The summed E-state index contributed by atoms with van der Waals surface area (Å²) in [5, 5.41) is 12.2. The summed E-state index contributed by atoms with van der Waals surface area (Å²) in [5.41, 5.74) is 8.32. The van der Waals surface area contributed by atoms with E-state index in [1.807, 2.05) is 29.0 Å². The van der Waals surface area contributed by atoms with Gasteiger partial charge in [0.2, 0.25) is 5.95 Å². The Bertz CT molecular complexity index is 1570. The smallest absolute Gasteiger partial charge is 0.299 e. The number of nitrogens with two attached hydrogens (primary N) is 1. The molecule has 0 radical (unpaired) electrons. The molecule has 0 amide bonds. The number of nitrogen functional groups attached to an aromatic ring is 1. The minimum atomic E-state index is -0.726. The zero-order valence-corrected chi connectivity index (χ0v) is 19.4. The summed E-state index contributed by atoms with van der Waals surface area (Å²) in [6.07, 6.45) is 4.92. The van der Waals surface area contributed by atoms with Crippen molar-refractivity contribution in [1.82, 2.24) is 40.1 Å². The molecule has 13 heteroatoms. The van der Waals surface area contributed by atoms with E-state index in [-0.39, 0.29) is 28.3 Å². The lowest BCUT2D eigenvalue weighted by Crippen LogP contribution is -2.39. The first-order chi connectivity index (χ1) is 17.0. The number of aryl methyl sites for hydroxylation is 1. The predicted octanol–water partition coefficient (Wildman–Crippen LogP) is 3.36. The number of imidazole rings is 1. The number of halogens is 3. The maximum atomic E-state index is 14.4. The molecule has 1 aromatic carbocycles. The van der Waals surface area contributed by atoms with Crippen LogP contribution in [0.15, 0.2) is 48.9 Å². The van der Waals surface area contributed by atoms with Crippen LogP contribution < -0.4 is 10.3 Å². The Morgan fingerprint density at radius 3 is 2.77 bits per heavy atom. The number of H-pyrrole nitrogens is 1. The number of nitrogens with one attached hydrogen (secondary N) is 1. The van der Waals surface area contributed by atoms with Crippen LogP contribution in [-0.2, 0) is 6.42 Å². The fourth-order valence-corrected chi connectivity index (χ4v) is 4.69. The lowest BCUT2D eigenvalue weighted by Gasteiger charge is -2.08. The highest BCUT2D eigenvalue weighted by Gasteiger charge is 2.35. The van der Waals surface area contributed by atoms with Gasteiger partial charge in [-0.2, -0.15) is 9.07 Å². The number of hydrogen-bond acceptors (Lipinski definition) is 7. The standard InChI is InChI=1S/C22H16Cl2FN10/c23-11-1-3-15(35-10-27-32-33-35)13(9-11)14-7-8-34-16(4-6-18(34)28-14)22-30-19(20(24)31-22)12-2-5-17(26)29-21(12)25/h1-3,5,7-10,16H,4,6H2,(H2,26,29)(H,30,31)/q+1/t16-/m0/s1. The van der Waals surface area contributed by atoms with Crippen molar-refractivity contribution >= 4 is 29.0 Å². The number of aromatic nitrogens is 9. The van der Waals surface area contributed by atoms with Crippen LogP contribution in [0.1, 0.15) is 24.1 Å². The van der Waals surface area contributed by atoms with E-state index in [9.17, 15) is 4.39 Å². The summed E-state index contributed by atoms with van der Waals surface area (Å²) in [4.78, 5) is 16.2. The molecule has 174 valence electrons. The number of anilines is 1. The molecule has 1 aliphatic rings. The molecule has 1 aliphatic heterocycles. The number of benzene rings is 1. The second kappa shape index (κ2) is 8.36. The molecule has 5 heterocycles. The van der Waals surface area contributed by atoms with Crippen LogP contribution in [0.3, 0.4) is 0 Å². The van der Waals surface area contributed by atoms with Crippen molar-refractivity contribution in [2.24, 2.45) is 0 Å². The van der Waals surface area contributed by atoms with E-state index < -0.39 is 5.95 Å². The number of aromatic amines is 1. The van der Waals surface area contributed by atoms with Crippen LogP contribution in [0, 0.1) is 5.95 Å². The molecule has 3 N–H and O–H groups in total. The molecule has 1 atom stereocenters. The lowest BCUT2D eigenvalue weighted by atomic mass is 10.1. The first-order valence-corrected chi connectivity index (χ1v) is 11.4. The highest BCUT2D eigenvalue weighted by molar-refractivity contribution is 6.32. The van der Waals surface area contributed by atoms with E-state index in [4.69, 9.17) is 33.9 Å². The molecule has 0 fully saturated rings. The predicted molar refractivity (Wildman–Crippen MR) is 125 cm³/mol. The van der Waals surface area contributed by atoms with Gasteiger partial charge in [0, 0.05) is 17.5 Å². The van der Waals surface area contributed by atoms with E-state index in [1.165, 1.54) is 18.5 Å². The minimum absolute atomic E-state index is 0.0863. The Morgan fingerprint density at radius 1 is 1.09 bits per heavy atom. The van der Waals surface area contributed by atoms with Gasteiger partial charge >= 0.3 is 0 Å². The molecule has 35 heavy (non-hydrogen) atoms. The number of rotatable bonds is 4. The molecule has 0 spiro atoms. The third kappa shape index (κ3) is 3.78. The van der Waals surface area contributed by atoms with Crippen molar-refractivity contribution in [2.45, 2.75) is 18.9 Å². The minimum Gasteiger partial charge on any atom is -0.384 e. The molecule has 10 nitrogen and oxygen atoms in total. The molecule has 6 rings (SSSR count). The average Bonchev–Trinajstić information content (AvgIpc) is 3.59. The molecule has 0 saturated heterocycles. The van der Waals surface area contributed by atoms with Gasteiger partial charge in [-0.3, -0.25) is 0 Å². The van der Waals surface area contributed by atoms with Crippen LogP contribution in [0.25, 0.3) is 28.2 Å². The second-order valence-corrected chi connectivity index (χ2v) is 8.78. The van der Waals surface area contributed by atoms with Gasteiger partial charge in [0.25, 0.3) is 5.82 Å². The first-order valence-electron chi connectivity index (χ1n) is 10.6. The van der Waals surface area contributed by atoms with Crippen molar-refractivity contribution in [3.8, 4) is 28.2 Å². The normalized spacial score (nSPS) is 14.9. The SMILES string of the molecule is Nc1ccc(-c2nc([C@@H]3CCc4nc(-c5cc(Cl)ccc5-n5cnnn5)cc[n+]43)[nH]c2Cl)c(F)n1. The fourth-order valence-electron chi connectivity index (χ4n) is 4.28. The van der Waals surface area contributed by atoms with Crippen LogP contribution in [0.5, 0.6) is 0 Å². The highest BCUT2D eigenvalue weighted by atomic mass is 35.5. The third-order valence-electron chi connectivity index (χ3n) is 5.87.